The van der Waals surface area contributed by atoms with E-state index in [0.29, 0.717) is 42.4 Å². The summed E-state index contributed by atoms with van der Waals surface area (Å²) in [6.45, 7) is 0.722. The van der Waals surface area contributed by atoms with Gasteiger partial charge in [-0.25, -0.2) is 4.39 Å². The number of methoxy groups -OCH3 is 2. The Morgan fingerprint density at radius 1 is 1.06 bits per heavy atom. The minimum Gasteiger partial charge on any atom is -0.496 e. The summed E-state index contributed by atoms with van der Waals surface area (Å²) in [4.78, 5) is 27.3. The van der Waals surface area contributed by atoms with Gasteiger partial charge >= 0.3 is 0 Å². The second kappa shape index (κ2) is 10.2. The number of ether oxygens (including phenoxy) is 3. The number of halogens is 1. The van der Waals surface area contributed by atoms with Crippen LogP contribution in [0.15, 0.2) is 60.7 Å². The molecule has 1 N–H and O–H groups in total. The third-order valence-corrected chi connectivity index (χ3v) is 5.62. The van der Waals surface area contributed by atoms with Gasteiger partial charge in [0.1, 0.15) is 28.6 Å². The average Bonchev–Trinajstić information content (AvgIpc) is 3.01. The molecule has 0 aliphatic carbocycles. The van der Waals surface area contributed by atoms with E-state index in [2.05, 4.69) is 5.32 Å². The number of carbonyl (C=O) groups is 2. The largest absolute Gasteiger partial charge is 0.496 e. The summed E-state index contributed by atoms with van der Waals surface area (Å²) in [6.07, 6.45) is 0.589. The monoisotopic (exact) mass is 464 g/mol. The molecule has 0 bridgehead atoms. The third-order valence-electron chi connectivity index (χ3n) is 5.62. The number of hydrogen-bond donors (Lipinski definition) is 1. The summed E-state index contributed by atoms with van der Waals surface area (Å²) in [5.74, 6) is 0.568. The van der Waals surface area contributed by atoms with Gasteiger partial charge in [0.2, 0.25) is 0 Å². The highest BCUT2D eigenvalue weighted by atomic mass is 19.1. The Labute approximate surface area is 197 Å². The molecule has 0 saturated heterocycles. The van der Waals surface area contributed by atoms with Gasteiger partial charge in [0.05, 0.1) is 14.2 Å². The fraction of sp³-hybridized carbons (Fsp3) is 0.231. The molecule has 34 heavy (non-hydrogen) atoms. The topological polar surface area (TPSA) is 77.1 Å². The molecule has 2 amide bonds. The SMILES string of the molecule is COc1cccc(OC)c1C(=O)Nc1ccc2c(c1)CN(CCc1ccc(F)cc1)C(=O)CO2. The number of rotatable bonds is 7. The molecule has 176 valence electrons. The van der Waals surface area contributed by atoms with Crippen molar-refractivity contribution in [2.45, 2.75) is 13.0 Å². The van der Waals surface area contributed by atoms with Gasteiger partial charge in [-0.3, -0.25) is 9.59 Å². The standard InChI is InChI=1S/C26H25FN2O5/c1-32-22-4-3-5-23(33-2)25(22)26(31)28-20-10-11-21-18(14-20)15-29(24(30)16-34-21)13-12-17-6-8-19(27)9-7-17/h3-11,14H,12-13,15-16H2,1-2H3,(H,28,31). The predicted octanol–water partition coefficient (Wildman–Crippen LogP) is 4.06. The molecule has 0 radical (unpaired) electrons. The van der Waals surface area contributed by atoms with Crippen molar-refractivity contribution in [3.63, 3.8) is 0 Å². The van der Waals surface area contributed by atoms with Gasteiger partial charge in [-0.05, 0) is 54.4 Å². The molecule has 0 fully saturated rings. The van der Waals surface area contributed by atoms with Crippen LogP contribution in [-0.4, -0.2) is 44.1 Å². The van der Waals surface area contributed by atoms with Crippen LogP contribution in [0.25, 0.3) is 0 Å². The normalized spacial score (nSPS) is 12.9. The Bertz CT molecular complexity index is 1170. The van der Waals surface area contributed by atoms with Crippen LogP contribution in [0.3, 0.4) is 0 Å². The molecule has 1 aliphatic rings. The third kappa shape index (κ3) is 5.11. The van der Waals surface area contributed by atoms with Crippen LogP contribution in [0.1, 0.15) is 21.5 Å². The number of nitrogens with zero attached hydrogens (tertiary/aromatic N) is 1. The van der Waals surface area contributed by atoms with Gasteiger partial charge in [0.15, 0.2) is 6.61 Å². The van der Waals surface area contributed by atoms with Crippen LogP contribution < -0.4 is 19.5 Å². The van der Waals surface area contributed by atoms with Crippen molar-refractivity contribution in [1.82, 2.24) is 4.90 Å². The number of nitrogens with one attached hydrogen (secondary N) is 1. The number of hydrogen-bond acceptors (Lipinski definition) is 5. The van der Waals surface area contributed by atoms with E-state index >= 15 is 0 Å². The molecule has 8 heteroatoms. The Kier molecular flexibility index (Phi) is 6.96. The van der Waals surface area contributed by atoms with E-state index in [9.17, 15) is 14.0 Å². The highest BCUT2D eigenvalue weighted by Crippen LogP contribution is 2.31. The first-order valence-electron chi connectivity index (χ1n) is 10.8. The van der Waals surface area contributed by atoms with Crippen LogP contribution in [0.4, 0.5) is 10.1 Å². The maximum atomic E-state index is 13.2. The lowest BCUT2D eigenvalue weighted by Crippen LogP contribution is -2.34. The highest BCUT2D eigenvalue weighted by molar-refractivity contribution is 6.08. The zero-order chi connectivity index (χ0) is 24.1. The molecule has 0 aromatic heterocycles. The Morgan fingerprint density at radius 2 is 1.76 bits per heavy atom. The number of benzene rings is 3. The molecule has 0 unspecified atom stereocenters. The van der Waals surface area contributed by atoms with Crippen molar-refractivity contribution in [2.75, 3.05) is 32.7 Å². The molecule has 0 saturated carbocycles. The molecule has 3 aromatic carbocycles. The van der Waals surface area contributed by atoms with Crippen LogP contribution in [-0.2, 0) is 17.8 Å². The van der Waals surface area contributed by atoms with Gasteiger partial charge in [0, 0.05) is 24.3 Å². The maximum absolute atomic E-state index is 13.2. The van der Waals surface area contributed by atoms with Crippen LogP contribution in [0.2, 0.25) is 0 Å². The van der Waals surface area contributed by atoms with Crippen molar-refractivity contribution in [3.05, 3.63) is 83.2 Å². The van der Waals surface area contributed by atoms with Gasteiger partial charge in [-0.15, -0.1) is 0 Å². The molecule has 4 rings (SSSR count). The molecule has 3 aromatic rings. The van der Waals surface area contributed by atoms with Crippen molar-refractivity contribution in [2.24, 2.45) is 0 Å². The molecule has 0 atom stereocenters. The zero-order valence-corrected chi connectivity index (χ0v) is 19.0. The number of anilines is 1. The quantitative estimate of drug-likeness (QED) is 0.571. The molecule has 1 heterocycles. The lowest BCUT2D eigenvalue weighted by molar-refractivity contribution is -0.133. The fourth-order valence-electron chi connectivity index (χ4n) is 3.83. The van der Waals surface area contributed by atoms with Gasteiger partial charge in [0.25, 0.3) is 11.8 Å². The molecule has 7 nitrogen and oxygen atoms in total. The van der Waals surface area contributed by atoms with Crippen LogP contribution in [0, 0.1) is 5.82 Å². The molecule has 1 aliphatic heterocycles. The van der Waals surface area contributed by atoms with Crippen molar-refractivity contribution < 1.29 is 28.2 Å². The Balaban J connectivity index is 1.51. The maximum Gasteiger partial charge on any atom is 0.263 e. The molecule has 0 spiro atoms. The summed E-state index contributed by atoms with van der Waals surface area (Å²) in [5, 5.41) is 2.87. The molecular weight excluding hydrogens is 439 g/mol. The van der Waals surface area contributed by atoms with E-state index in [0.717, 1.165) is 11.1 Å². The number of carbonyl (C=O) groups excluding carboxylic acids is 2. The lowest BCUT2D eigenvalue weighted by Gasteiger charge is -2.20. The van der Waals surface area contributed by atoms with Gasteiger partial charge < -0.3 is 24.4 Å². The number of amides is 2. The summed E-state index contributed by atoms with van der Waals surface area (Å²) < 4.78 is 29.5. The summed E-state index contributed by atoms with van der Waals surface area (Å²) in [5.41, 5.74) is 2.55. The smallest absolute Gasteiger partial charge is 0.263 e. The van der Waals surface area contributed by atoms with Crippen molar-refractivity contribution in [1.29, 1.82) is 0 Å². The lowest BCUT2D eigenvalue weighted by atomic mass is 10.1. The van der Waals surface area contributed by atoms with E-state index in [4.69, 9.17) is 14.2 Å². The van der Waals surface area contributed by atoms with Crippen molar-refractivity contribution >= 4 is 17.5 Å². The Hall–Kier alpha value is -4.07. The second-order valence-corrected chi connectivity index (χ2v) is 7.79. The first-order chi connectivity index (χ1) is 16.5. The summed E-state index contributed by atoms with van der Waals surface area (Å²) >= 11 is 0. The van der Waals surface area contributed by atoms with E-state index in [1.807, 2.05) is 0 Å². The summed E-state index contributed by atoms with van der Waals surface area (Å²) in [6, 6.07) is 16.6. The van der Waals surface area contributed by atoms with Gasteiger partial charge in [-0.2, -0.15) is 0 Å². The van der Waals surface area contributed by atoms with Crippen LogP contribution >= 0.6 is 0 Å². The Morgan fingerprint density at radius 3 is 2.44 bits per heavy atom. The van der Waals surface area contributed by atoms with E-state index in [1.165, 1.54) is 26.4 Å². The minimum atomic E-state index is -0.381. The highest BCUT2D eigenvalue weighted by Gasteiger charge is 2.23. The average molecular weight is 464 g/mol. The fourth-order valence-corrected chi connectivity index (χ4v) is 3.83. The predicted molar refractivity (Wildman–Crippen MR) is 125 cm³/mol. The van der Waals surface area contributed by atoms with E-state index in [-0.39, 0.29) is 29.8 Å². The molecular formula is C26H25FN2O5. The number of fused-ring (bicyclic) bond motifs is 1. The van der Waals surface area contributed by atoms with Crippen molar-refractivity contribution in [3.8, 4) is 17.2 Å². The summed E-state index contributed by atoms with van der Waals surface area (Å²) in [7, 11) is 2.98. The first kappa shape index (κ1) is 23.1. The van der Waals surface area contributed by atoms with E-state index < -0.39 is 0 Å². The van der Waals surface area contributed by atoms with E-state index in [1.54, 1.807) is 53.4 Å². The van der Waals surface area contributed by atoms with Gasteiger partial charge in [-0.1, -0.05) is 18.2 Å². The minimum absolute atomic E-state index is 0.0689. The van der Waals surface area contributed by atoms with Crippen LogP contribution in [0.5, 0.6) is 17.2 Å². The second-order valence-electron chi connectivity index (χ2n) is 7.79. The zero-order valence-electron chi connectivity index (χ0n) is 19.0. The first-order valence-corrected chi connectivity index (χ1v) is 10.8.